The zero-order valence-electron chi connectivity index (χ0n) is 16.2. The van der Waals surface area contributed by atoms with E-state index in [2.05, 4.69) is 58.8 Å². The molecular formula is C23H23N3OS. The van der Waals surface area contributed by atoms with Crippen molar-refractivity contribution in [2.45, 2.75) is 20.4 Å². The lowest BCUT2D eigenvalue weighted by Gasteiger charge is -2.11. The molecule has 5 heteroatoms. The molecule has 0 unspecified atom stereocenters. The van der Waals surface area contributed by atoms with Crippen molar-refractivity contribution in [3.63, 3.8) is 0 Å². The Labute approximate surface area is 168 Å². The van der Waals surface area contributed by atoms with Crippen LogP contribution < -0.4 is 10.6 Å². The largest absolute Gasteiger partial charge is 0.343 e. The quantitative estimate of drug-likeness (QED) is 0.452. The van der Waals surface area contributed by atoms with Crippen LogP contribution in [0, 0.1) is 13.8 Å². The highest BCUT2D eigenvalue weighted by Crippen LogP contribution is 2.35. The molecule has 4 aromatic rings. The van der Waals surface area contributed by atoms with E-state index in [0.29, 0.717) is 6.54 Å². The first kappa shape index (κ1) is 18.3. The van der Waals surface area contributed by atoms with Crippen molar-refractivity contribution >= 4 is 34.0 Å². The number of carbonyl (C=O) groups excluding carboxylic acids is 1. The fourth-order valence-electron chi connectivity index (χ4n) is 3.54. The summed E-state index contributed by atoms with van der Waals surface area (Å²) in [6.07, 6.45) is 0. The van der Waals surface area contributed by atoms with Gasteiger partial charge in [-0.2, -0.15) is 0 Å². The van der Waals surface area contributed by atoms with Crippen LogP contribution in [-0.2, 0) is 13.6 Å². The standard InChI is InChI=1S/C23H23N3OS/c1-15-10-11-17(13-16(15)2)25-23(27)24-14-19-18-7-4-5-8-20(18)26(3)22(19)21-9-6-12-28-21/h4-13H,14H2,1-3H3,(H2,24,25,27). The number of hydrogen-bond donors (Lipinski definition) is 2. The zero-order valence-corrected chi connectivity index (χ0v) is 17.1. The van der Waals surface area contributed by atoms with Crippen LogP contribution in [0.15, 0.2) is 60.0 Å². The third-order valence-corrected chi connectivity index (χ3v) is 6.03. The number of thiophene rings is 1. The van der Waals surface area contributed by atoms with Crippen LogP contribution >= 0.6 is 11.3 Å². The Kier molecular flexibility index (Phi) is 4.92. The number of hydrogen-bond acceptors (Lipinski definition) is 2. The van der Waals surface area contributed by atoms with Gasteiger partial charge in [-0.05, 0) is 54.6 Å². The van der Waals surface area contributed by atoms with E-state index in [1.807, 2.05) is 37.3 Å². The van der Waals surface area contributed by atoms with Gasteiger partial charge in [-0.15, -0.1) is 11.3 Å². The topological polar surface area (TPSA) is 46.1 Å². The van der Waals surface area contributed by atoms with E-state index in [9.17, 15) is 4.79 Å². The van der Waals surface area contributed by atoms with Crippen LogP contribution in [0.25, 0.3) is 21.5 Å². The molecule has 0 saturated carbocycles. The van der Waals surface area contributed by atoms with E-state index in [1.54, 1.807) is 11.3 Å². The fraction of sp³-hybridized carbons (Fsp3) is 0.174. The summed E-state index contributed by atoms with van der Waals surface area (Å²) in [4.78, 5) is 13.7. The summed E-state index contributed by atoms with van der Waals surface area (Å²) in [5, 5.41) is 9.21. The summed E-state index contributed by atoms with van der Waals surface area (Å²) < 4.78 is 2.21. The minimum Gasteiger partial charge on any atom is -0.343 e. The first-order chi connectivity index (χ1) is 13.5. The normalized spacial score (nSPS) is 11.0. The first-order valence-corrected chi connectivity index (χ1v) is 10.1. The molecule has 2 heterocycles. The highest BCUT2D eigenvalue weighted by molar-refractivity contribution is 7.13. The Hall–Kier alpha value is -3.05. The molecule has 0 aliphatic rings. The van der Waals surface area contributed by atoms with Gasteiger partial charge in [-0.3, -0.25) is 0 Å². The van der Waals surface area contributed by atoms with Crippen LogP contribution in [0.3, 0.4) is 0 Å². The number of rotatable bonds is 4. The smallest absolute Gasteiger partial charge is 0.319 e. The monoisotopic (exact) mass is 389 g/mol. The molecule has 2 N–H and O–H groups in total. The molecule has 2 aromatic heterocycles. The number of benzene rings is 2. The lowest BCUT2D eigenvalue weighted by Crippen LogP contribution is -2.28. The predicted molar refractivity (Wildman–Crippen MR) is 118 cm³/mol. The van der Waals surface area contributed by atoms with Gasteiger partial charge in [0.25, 0.3) is 0 Å². The molecule has 0 spiro atoms. The molecular weight excluding hydrogens is 366 g/mol. The van der Waals surface area contributed by atoms with Gasteiger partial charge in [0.05, 0.1) is 10.6 Å². The van der Waals surface area contributed by atoms with Crippen LogP contribution in [0.1, 0.15) is 16.7 Å². The maximum Gasteiger partial charge on any atom is 0.319 e. The minimum absolute atomic E-state index is 0.201. The average molecular weight is 390 g/mol. The number of fused-ring (bicyclic) bond motifs is 1. The molecule has 4 nitrogen and oxygen atoms in total. The number of anilines is 1. The second-order valence-electron chi connectivity index (χ2n) is 6.99. The van der Waals surface area contributed by atoms with Crippen molar-refractivity contribution in [3.05, 3.63) is 76.7 Å². The number of aromatic nitrogens is 1. The summed E-state index contributed by atoms with van der Waals surface area (Å²) in [6.45, 7) is 4.57. The Balaban J connectivity index is 1.60. The minimum atomic E-state index is -0.201. The van der Waals surface area contributed by atoms with Crippen molar-refractivity contribution in [1.29, 1.82) is 0 Å². The van der Waals surface area contributed by atoms with E-state index in [1.165, 1.54) is 15.8 Å². The summed E-state index contributed by atoms with van der Waals surface area (Å²) in [5.41, 5.74) is 6.63. The summed E-state index contributed by atoms with van der Waals surface area (Å²) in [6, 6.07) is 18.2. The van der Waals surface area contributed by atoms with Crippen LogP contribution in [-0.4, -0.2) is 10.6 Å². The van der Waals surface area contributed by atoms with Gasteiger partial charge in [0.1, 0.15) is 0 Å². The van der Waals surface area contributed by atoms with Crippen molar-refractivity contribution in [2.24, 2.45) is 7.05 Å². The van der Waals surface area contributed by atoms with Crippen molar-refractivity contribution < 1.29 is 4.79 Å². The molecule has 0 atom stereocenters. The van der Waals surface area contributed by atoms with Crippen LogP contribution in [0.2, 0.25) is 0 Å². The van der Waals surface area contributed by atoms with Gasteiger partial charge in [0.2, 0.25) is 0 Å². The molecule has 0 aliphatic carbocycles. The molecule has 4 rings (SSSR count). The number of nitrogens with one attached hydrogen (secondary N) is 2. The summed E-state index contributed by atoms with van der Waals surface area (Å²) >= 11 is 1.71. The Morgan fingerprint density at radius 2 is 1.86 bits per heavy atom. The number of aryl methyl sites for hydroxylation is 3. The molecule has 0 bridgehead atoms. The van der Waals surface area contributed by atoms with E-state index >= 15 is 0 Å². The second kappa shape index (κ2) is 7.52. The SMILES string of the molecule is Cc1ccc(NC(=O)NCc2c(-c3cccs3)n(C)c3ccccc23)cc1C. The average Bonchev–Trinajstić information content (AvgIpc) is 3.30. The molecule has 2 aromatic carbocycles. The van der Waals surface area contributed by atoms with Gasteiger partial charge < -0.3 is 15.2 Å². The van der Waals surface area contributed by atoms with E-state index < -0.39 is 0 Å². The van der Waals surface area contributed by atoms with Gasteiger partial charge in [-0.1, -0.05) is 30.3 Å². The molecule has 0 saturated heterocycles. The number of nitrogens with zero attached hydrogens (tertiary/aromatic N) is 1. The molecule has 142 valence electrons. The Morgan fingerprint density at radius 1 is 1.04 bits per heavy atom. The highest BCUT2D eigenvalue weighted by atomic mass is 32.1. The van der Waals surface area contributed by atoms with E-state index in [-0.39, 0.29) is 6.03 Å². The van der Waals surface area contributed by atoms with Crippen LogP contribution in [0.4, 0.5) is 10.5 Å². The van der Waals surface area contributed by atoms with Crippen molar-refractivity contribution in [3.8, 4) is 10.6 Å². The molecule has 0 aliphatic heterocycles. The Bertz CT molecular complexity index is 1140. The first-order valence-electron chi connectivity index (χ1n) is 9.27. The van der Waals surface area contributed by atoms with E-state index in [0.717, 1.165) is 28.0 Å². The molecule has 28 heavy (non-hydrogen) atoms. The zero-order chi connectivity index (χ0) is 19.7. The van der Waals surface area contributed by atoms with Gasteiger partial charge >= 0.3 is 6.03 Å². The summed E-state index contributed by atoms with van der Waals surface area (Å²) in [7, 11) is 2.08. The number of urea groups is 1. The fourth-order valence-corrected chi connectivity index (χ4v) is 4.37. The van der Waals surface area contributed by atoms with Crippen molar-refractivity contribution in [1.82, 2.24) is 9.88 Å². The lowest BCUT2D eigenvalue weighted by atomic mass is 10.1. The molecule has 2 amide bonds. The number of para-hydroxylation sites is 1. The van der Waals surface area contributed by atoms with Gasteiger partial charge in [0.15, 0.2) is 0 Å². The third kappa shape index (κ3) is 3.41. The molecule has 0 radical (unpaired) electrons. The van der Waals surface area contributed by atoms with Crippen LogP contribution in [0.5, 0.6) is 0 Å². The highest BCUT2D eigenvalue weighted by Gasteiger charge is 2.17. The van der Waals surface area contributed by atoms with Gasteiger partial charge in [0, 0.05) is 35.7 Å². The van der Waals surface area contributed by atoms with Gasteiger partial charge in [-0.25, -0.2) is 4.79 Å². The summed E-state index contributed by atoms with van der Waals surface area (Å²) in [5.74, 6) is 0. The number of carbonyl (C=O) groups is 1. The third-order valence-electron chi connectivity index (χ3n) is 5.16. The second-order valence-corrected chi connectivity index (χ2v) is 7.94. The van der Waals surface area contributed by atoms with E-state index in [4.69, 9.17) is 0 Å². The lowest BCUT2D eigenvalue weighted by molar-refractivity contribution is 0.252. The predicted octanol–water partition coefficient (Wildman–Crippen LogP) is 5.85. The molecule has 0 fully saturated rings. The maximum atomic E-state index is 12.5. The Morgan fingerprint density at radius 3 is 2.61 bits per heavy atom. The number of amides is 2. The maximum absolute atomic E-state index is 12.5. The van der Waals surface area contributed by atoms with Crippen molar-refractivity contribution in [2.75, 3.05) is 5.32 Å².